The minimum Gasteiger partial charge on any atom is -0.324 e. The van der Waals surface area contributed by atoms with Crippen LogP contribution in [0.25, 0.3) is 11.0 Å². The smallest absolute Gasteiger partial charge is 0.272 e. The maximum absolute atomic E-state index is 12.8. The molecule has 0 atom stereocenters. The minimum atomic E-state index is -0.202. The second-order valence-electron chi connectivity index (χ2n) is 6.98. The maximum atomic E-state index is 12.8. The third kappa shape index (κ3) is 3.87. The molecule has 4 rings (SSSR count). The topological polar surface area (TPSA) is 59.8 Å². The van der Waals surface area contributed by atoms with Gasteiger partial charge in [-0.1, -0.05) is 41.3 Å². The summed E-state index contributed by atoms with van der Waals surface area (Å²) in [6, 6.07) is 17.5. The van der Waals surface area contributed by atoms with Crippen LogP contribution in [0.2, 0.25) is 0 Å². The Bertz CT molecular complexity index is 1260. The van der Waals surface area contributed by atoms with Crippen molar-refractivity contribution < 1.29 is 4.79 Å². The molecule has 0 aliphatic carbocycles. The molecule has 29 heavy (non-hydrogen) atoms. The van der Waals surface area contributed by atoms with E-state index in [2.05, 4.69) is 27.1 Å². The van der Waals surface area contributed by atoms with Crippen LogP contribution in [0.3, 0.4) is 0 Å². The monoisotopic (exact) mass is 380 g/mol. The van der Waals surface area contributed by atoms with Crippen molar-refractivity contribution in [1.82, 2.24) is 14.5 Å². The SMILES string of the molecule is Cc1ccc(C#Cc2ncnc3c2cc(C(=O)Nc2ccc(C)cc2)n3C)cc1. The van der Waals surface area contributed by atoms with E-state index in [1.165, 1.54) is 11.9 Å². The van der Waals surface area contributed by atoms with Crippen molar-refractivity contribution in [3.8, 4) is 11.8 Å². The van der Waals surface area contributed by atoms with E-state index in [0.717, 1.165) is 22.2 Å². The number of nitrogens with zero attached hydrogens (tertiary/aromatic N) is 3. The minimum absolute atomic E-state index is 0.202. The van der Waals surface area contributed by atoms with E-state index in [9.17, 15) is 4.79 Å². The first-order valence-corrected chi connectivity index (χ1v) is 9.28. The quantitative estimate of drug-likeness (QED) is 0.529. The lowest BCUT2D eigenvalue weighted by atomic mass is 10.1. The average molecular weight is 380 g/mol. The van der Waals surface area contributed by atoms with E-state index in [1.54, 1.807) is 10.6 Å². The van der Waals surface area contributed by atoms with Gasteiger partial charge in [-0.05, 0) is 50.1 Å². The van der Waals surface area contributed by atoms with Crippen molar-refractivity contribution >= 4 is 22.6 Å². The third-order valence-corrected chi connectivity index (χ3v) is 4.74. The number of fused-ring (bicyclic) bond motifs is 1. The zero-order valence-electron chi connectivity index (χ0n) is 16.5. The molecular formula is C24H20N4O. The van der Waals surface area contributed by atoms with E-state index in [0.29, 0.717) is 17.0 Å². The number of carbonyl (C=O) groups excluding carboxylic acids is 1. The fraction of sp³-hybridized carbons (Fsp3) is 0.125. The lowest BCUT2D eigenvalue weighted by molar-refractivity contribution is 0.101. The van der Waals surface area contributed by atoms with Gasteiger partial charge >= 0.3 is 0 Å². The Morgan fingerprint density at radius 1 is 0.931 bits per heavy atom. The van der Waals surface area contributed by atoms with E-state index < -0.39 is 0 Å². The van der Waals surface area contributed by atoms with Crippen LogP contribution in [0.1, 0.15) is 32.9 Å². The van der Waals surface area contributed by atoms with Crippen molar-refractivity contribution in [2.24, 2.45) is 7.05 Å². The summed E-state index contributed by atoms with van der Waals surface area (Å²) in [5.41, 5.74) is 5.75. The Hall–Kier alpha value is -3.91. The van der Waals surface area contributed by atoms with Crippen molar-refractivity contribution in [3.05, 3.63) is 89.0 Å². The zero-order valence-corrected chi connectivity index (χ0v) is 16.5. The van der Waals surface area contributed by atoms with E-state index in [-0.39, 0.29) is 5.91 Å². The predicted octanol–water partition coefficient (Wildman–Crippen LogP) is 4.24. The molecule has 0 saturated carbocycles. The maximum Gasteiger partial charge on any atom is 0.272 e. The Balaban J connectivity index is 1.68. The lowest BCUT2D eigenvalue weighted by Crippen LogP contribution is -2.15. The van der Waals surface area contributed by atoms with E-state index >= 15 is 0 Å². The second kappa shape index (κ2) is 7.61. The molecule has 1 N–H and O–H groups in total. The summed E-state index contributed by atoms with van der Waals surface area (Å²) in [5, 5.41) is 3.68. The highest BCUT2D eigenvalue weighted by molar-refractivity contribution is 6.06. The summed E-state index contributed by atoms with van der Waals surface area (Å²) in [4.78, 5) is 21.4. The van der Waals surface area contributed by atoms with Gasteiger partial charge in [-0.2, -0.15) is 0 Å². The lowest BCUT2D eigenvalue weighted by Gasteiger charge is -2.06. The van der Waals surface area contributed by atoms with Crippen LogP contribution in [0.15, 0.2) is 60.9 Å². The average Bonchev–Trinajstić information content (AvgIpc) is 3.07. The standard InChI is InChI=1S/C24H20N4O/c1-16-4-8-18(9-5-16)10-13-21-20-14-22(28(3)23(20)26-15-25-21)24(29)27-19-11-6-17(2)7-12-19/h4-9,11-12,14-15H,1-3H3,(H,27,29). The van der Waals surface area contributed by atoms with Crippen LogP contribution in [0.5, 0.6) is 0 Å². The number of amides is 1. The zero-order chi connectivity index (χ0) is 20.4. The molecule has 0 unspecified atom stereocenters. The molecule has 2 aromatic carbocycles. The van der Waals surface area contributed by atoms with Crippen LogP contribution in [-0.2, 0) is 7.05 Å². The van der Waals surface area contributed by atoms with Gasteiger partial charge in [0.05, 0.1) is 5.39 Å². The molecule has 0 radical (unpaired) electrons. The first kappa shape index (κ1) is 18.5. The summed E-state index contributed by atoms with van der Waals surface area (Å²) in [7, 11) is 1.82. The molecule has 2 aromatic heterocycles. The number of anilines is 1. The van der Waals surface area contributed by atoms with E-state index in [1.807, 2.05) is 69.4 Å². The third-order valence-electron chi connectivity index (χ3n) is 4.74. The van der Waals surface area contributed by atoms with Gasteiger partial charge in [0.25, 0.3) is 5.91 Å². The van der Waals surface area contributed by atoms with Crippen molar-refractivity contribution in [2.45, 2.75) is 13.8 Å². The molecule has 0 spiro atoms. The number of benzene rings is 2. The van der Waals surface area contributed by atoms with E-state index in [4.69, 9.17) is 0 Å². The van der Waals surface area contributed by atoms with Gasteiger partial charge in [0.15, 0.2) is 0 Å². The van der Waals surface area contributed by atoms with Gasteiger partial charge in [-0.15, -0.1) is 0 Å². The Morgan fingerprint density at radius 2 is 1.59 bits per heavy atom. The van der Waals surface area contributed by atoms with Crippen LogP contribution in [0, 0.1) is 25.7 Å². The number of hydrogen-bond donors (Lipinski definition) is 1. The summed E-state index contributed by atoms with van der Waals surface area (Å²) in [6.07, 6.45) is 1.48. The predicted molar refractivity (Wildman–Crippen MR) is 115 cm³/mol. The van der Waals surface area contributed by atoms with Gasteiger partial charge in [0.2, 0.25) is 0 Å². The first-order valence-electron chi connectivity index (χ1n) is 9.28. The molecule has 5 nitrogen and oxygen atoms in total. The number of aromatic nitrogens is 3. The molecule has 2 heterocycles. The normalized spacial score (nSPS) is 10.4. The molecule has 0 aliphatic heterocycles. The summed E-state index contributed by atoms with van der Waals surface area (Å²) < 4.78 is 1.76. The van der Waals surface area contributed by atoms with Gasteiger partial charge in [0, 0.05) is 18.3 Å². The molecule has 0 saturated heterocycles. The van der Waals surface area contributed by atoms with Crippen LogP contribution >= 0.6 is 0 Å². The van der Waals surface area contributed by atoms with Gasteiger partial charge in [-0.25, -0.2) is 9.97 Å². The summed E-state index contributed by atoms with van der Waals surface area (Å²) in [6.45, 7) is 4.05. The molecule has 5 heteroatoms. The molecule has 4 aromatic rings. The fourth-order valence-corrected chi connectivity index (χ4v) is 3.05. The fourth-order valence-electron chi connectivity index (χ4n) is 3.05. The van der Waals surface area contributed by atoms with Crippen LogP contribution in [0.4, 0.5) is 5.69 Å². The summed E-state index contributed by atoms with van der Waals surface area (Å²) >= 11 is 0. The van der Waals surface area contributed by atoms with Gasteiger partial charge in [0.1, 0.15) is 23.4 Å². The number of carbonyl (C=O) groups is 1. The number of rotatable bonds is 2. The number of nitrogens with one attached hydrogen (secondary N) is 1. The van der Waals surface area contributed by atoms with Crippen molar-refractivity contribution in [3.63, 3.8) is 0 Å². The highest BCUT2D eigenvalue weighted by Crippen LogP contribution is 2.20. The number of aryl methyl sites for hydroxylation is 3. The first-order chi connectivity index (χ1) is 14.0. The van der Waals surface area contributed by atoms with Crippen molar-refractivity contribution in [2.75, 3.05) is 5.32 Å². The summed E-state index contributed by atoms with van der Waals surface area (Å²) in [5.74, 6) is 6.04. The van der Waals surface area contributed by atoms with Gasteiger partial charge < -0.3 is 9.88 Å². The Morgan fingerprint density at radius 3 is 2.28 bits per heavy atom. The molecule has 0 bridgehead atoms. The van der Waals surface area contributed by atoms with Gasteiger partial charge in [-0.3, -0.25) is 4.79 Å². The number of hydrogen-bond acceptors (Lipinski definition) is 3. The van der Waals surface area contributed by atoms with Crippen molar-refractivity contribution in [1.29, 1.82) is 0 Å². The molecule has 0 aliphatic rings. The largest absolute Gasteiger partial charge is 0.324 e. The Labute approximate surface area is 169 Å². The van der Waals surface area contributed by atoms with Crippen LogP contribution in [-0.4, -0.2) is 20.4 Å². The molecule has 142 valence electrons. The van der Waals surface area contributed by atoms with Crippen LogP contribution < -0.4 is 5.32 Å². The highest BCUT2D eigenvalue weighted by atomic mass is 16.1. The second-order valence-corrected chi connectivity index (χ2v) is 6.98. The molecular weight excluding hydrogens is 360 g/mol. The Kier molecular flexibility index (Phi) is 4.84. The highest BCUT2D eigenvalue weighted by Gasteiger charge is 2.16. The molecule has 0 fully saturated rings. The molecule has 1 amide bonds.